The highest BCUT2D eigenvalue weighted by Gasteiger charge is 2.32. The summed E-state index contributed by atoms with van der Waals surface area (Å²) in [6, 6.07) is 2.42. The molecule has 0 aromatic heterocycles. The summed E-state index contributed by atoms with van der Waals surface area (Å²) in [4.78, 5) is 0. The van der Waals surface area contributed by atoms with Crippen molar-refractivity contribution in [3.63, 3.8) is 0 Å². The van der Waals surface area contributed by atoms with E-state index in [1.165, 1.54) is 12.8 Å². The van der Waals surface area contributed by atoms with E-state index in [0.717, 1.165) is 19.4 Å². The molecule has 1 saturated carbocycles. The molecular formula is C10H20N2. The smallest absolute Gasteiger partial charge is 0.0703 e. The van der Waals surface area contributed by atoms with Crippen LogP contribution >= 0.6 is 0 Å². The lowest BCUT2D eigenvalue weighted by atomic mass is 9.88. The molecule has 0 heterocycles. The predicted molar refractivity (Wildman–Crippen MR) is 51.8 cm³/mol. The van der Waals surface area contributed by atoms with Gasteiger partial charge in [-0.15, -0.1) is 0 Å². The van der Waals surface area contributed by atoms with Gasteiger partial charge in [0.25, 0.3) is 0 Å². The van der Waals surface area contributed by atoms with Crippen molar-refractivity contribution >= 4 is 0 Å². The number of nitrogens with zero attached hydrogens (tertiary/aromatic N) is 1. The van der Waals surface area contributed by atoms with Crippen molar-refractivity contribution in [2.45, 2.75) is 39.5 Å². The van der Waals surface area contributed by atoms with E-state index in [9.17, 15) is 0 Å². The van der Waals surface area contributed by atoms with E-state index < -0.39 is 0 Å². The molecule has 70 valence electrons. The minimum absolute atomic E-state index is 0.0191. The third-order valence-corrected chi connectivity index (χ3v) is 2.31. The second-order valence-corrected chi connectivity index (χ2v) is 3.13. The summed E-state index contributed by atoms with van der Waals surface area (Å²) in [5, 5.41) is 11.9. The summed E-state index contributed by atoms with van der Waals surface area (Å²) in [7, 11) is 1.91. The zero-order chi connectivity index (χ0) is 9.45. The van der Waals surface area contributed by atoms with Crippen LogP contribution in [0.5, 0.6) is 0 Å². The van der Waals surface area contributed by atoms with Gasteiger partial charge in [0.05, 0.1) is 11.5 Å². The first kappa shape index (κ1) is 11.4. The molecule has 12 heavy (non-hydrogen) atoms. The molecule has 0 saturated heterocycles. The van der Waals surface area contributed by atoms with Crippen LogP contribution in [-0.2, 0) is 0 Å². The highest BCUT2D eigenvalue weighted by atomic mass is 14.8. The van der Waals surface area contributed by atoms with Crippen LogP contribution in [0.3, 0.4) is 0 Å². The topological polar surface area (TPSA) is 35.8 Å². The van der Waals surface area contributed by atoms with Crippen LogP contribution in [-0.4, -0.2) is 13.6 Å². The quantitative estimate of drug-likeness (QED) is 0.687. The van der Waals surface area contributed by atoms with Gasteiger partial charge in [-0.1, -0.05) is 26.7 Å². The summed E-state index contributed by atoms with van der Waals surface area (Å²) in [6.45, 7) is 4.86. The second-order valence-electron chi connectivity index (χ2n) is 3.13. The van der Waals surface area contributed by atoms with Crippen LogP contribution in [0.1, 0.15) is 39.5 Å². The van der Waals surface area contributed by atoms with Crippen LogP contribution in [0.15, 0.2) is 0 Å². The molecule has 0 atom stereocenters. The molecule has 1 aliphatic carbocycles. The van der Waals surface area contributed by atoms with Crippen molar-refractivity contribution < 1.29 is 0 Å². The number of rotatable bonds is 2. The Morgan fingerprint density at radius 2 is 1.83 bits per heavy atom. The summed E-state index contributed by atoms with van der Waals surface area (Å²) >= 11 is 0. The van der Waals surface area contributed by atoms with E-state index in [1.807, 2.05) is 20.9 Å². The van der Waals surface area contributed by atoms with Crippen molar-refractivity contribution in [1.82, 2.24) is 5.32 Å². The standard InChI is InChI=1S/C8H14N2.C2H6/c1-10-7-8(6-9)4-2-3-5-8;1-2/h10H,2-5,7H2,1H3;1-2H3. The molecule has 0 bridgehead atoms. The van der Waals surface area contributed by atoms with E-state index in [4.69, 9.17) is 5.26 Å². The van der Waals surface area contributed by atoms with E-state index in [-0.39, 0.29) is 5.41 Å². The molecule has 0 aromatic carbocycles. The van der Waals surface area contributed by atoms with Crippen LogP contribution in [0.2, 0.25) is 0 Å². The third-order valence-electron chi connectivity index (χ3n) is 2.31. The molecule has 0 spiro atoms. The van der Waals surface area contributed by atoms with Gasteiger partial charge in [0, 0.05) is 6.54 Å². The van der Waals surface area contributed by atoms with Gasteiger partial charge in [-0.05, 0) is 19.9 Å². The molecule has 2 heteroatoms. The normalized spacial score (nSPS) is 19.2. The fourth-order valence-electron chi connectivity index (χ4n) is 1.72. The Labute approximate surface area is 76.0 Å². The molecule has 1 rings (SSSR count). The first-order valence-corrected chi connectivity index (χ1v) is 4.89. The van der Waals surface area contributed by atoms with Gasteiger partial charge in [-0.2, -0.15) is 5.26 Å². The average Bonchev–Trinajstić information content (AvgIpc) is 2.58. The maximum absolute atomic E-state index is 8.86. The fraction of sp³-hybridized carbons (Fsp3) is 0.900. The Morgan fingerprint density at radius 3 is 2.17 bits per heavy atom. The van der Waals surface area contributed by atoms with Gasteiger partial charge < -0.3 is 5.32 Å². The lowest BCUT2D eigenvalue weighted by molar-refractivity contribution is 0.393. The minimum atomic E-state index is -0.0191. The van der Waals surface area contributed by atoms with Gasteiger partial charge in [0.15, 0.2) is 0 Å². The SMILES string of the molecule is CC.CNCC1(C#N)CCCC1. The first-order chi connectivity index (χ1) is 5.83. The maximum Gasteiger partial charge on any atom is 0.0703 e. The van der Waals surface area contributed by atoms with Crippen LogP contribution in [0.4, 0.5) is 0 Å². The van der Waals surface area contributed by atoms with Gasteiger partial charge in [-0.3, -0.25) is 0 Å². The molecule has 0 unspecified atom stereocenters. The molecule has 0 aliphatic heterocycles. The van der Waals surface area contributed by atoms with Crippen molar-refractivity contribution in [2.75, 3.05) is 13.6 Å². The largest absolute Gasteiger partial charge is 0.318 e. The second kappa shape index (κ2) is 6.02. The third kappa shape index (κ3) is 2.83. The van der Waals surface area contributed by atoms with Gasteiger partial charge in [0.2, 0.25) is 0 Å². The van der Waals surface area contributed by atoms with Crippen LogP contribution < -0.4 is 5.32 Å². The highest BCUT2D eigenvalue weighted by molar-refractivity contribution is 5.02. The number of hydrogen-bond donors (Lipinski definition) is 1. The van der Waals surface area contributed by atoms with Gasteiger partial charge >= 0.3 is 0 Å². The Morgan fingerprint density at radius 1 is 1.33 bits per heavy atom. The summed E-state index contributed by atoms with van der Waals surface area (Å²) in [5.74, 6) is 0. The zero-order valence-electron chi connectivity index (χ0n) is 8.48. The number of nitriles is 1. The lowest BCUT2D eigenvalue weighted by Gasteiger charge is -2.18. The molecule has 0 aromatic rings. The predicted octanol–water partition coefficient (Wildman–Crippen LogP) is 2.32. The van der Waals surface area contributed by atoms with Gasteiger partial charge in [0.1, 0.15) is 0 Å². The molecule has 1 N–H and O–H groups in total. The Balaban J connectivity index is 0.000000561. The monoisotopic (exact) mass is 168 g/mol. The van der Waals surface area contributed by atoms with E-state index in [2.05, 4.69) is 11.4 Å². The van der Waals surface area contributed by atoms with Crippen LogP contribution in [0.25, 0.3) is 0 Å². The molecule has 2 nitrogen and oxygen atoms in total. The number of hydrogen-bond acceptors (Lipinski definition) is 2. The maximum atomic E-state index is 8.86. The Hall–Kier alpha value is -0.550. The highest BCUT2D eigenvalue weighted by Crippen LogP contribution is 2.36. The average molecular weight is 168 g/mol. The van der Waals surface area contributed by atoms with E-state index in [0.29, 0.717) is 0 Å². The lowest BCUT2D eigenvalue weighted by Crippen LogP contribution is -2.28. The first-order valence-electron chi connectivity index (χ1n) is 4.89. The van der Waals surface area contributed by atoms with Gasteiger partial charge in [-0.25, -0.2) is 0 Å². The molecule has 1 aliphatic rings. The van der Waals surface area contributed by atoms with Crippen molar-refractivity contribution in [2.24, 2.45) is 5.41 Å². The summed E-state index contributed by atoms with van der Waals surface area (Å²) in [6.07, 6.45) is 4.64. The zero-order valence-corrected chi connectivity index (χ0v) is 8.48. The van der Waals surface area contributed by atoms with Crippen molar-refractivity contribution in [3.8, 4) is 6.07 Å². The molecule has 0 radical (unpaired) electrons. The summed E-state index contributed by atoms with van der Waals surface area (Å²) < 4.78 is 0. The Kier molecular flexibility index (Phi) is 5.74. The van der Waals surface area contributed by atoms with Crippen molar-refractivity contribution in [1.29, 1.82) is 5.26 Å². The van der Waals surface area contributed by atoms with E-state index in [1.54, 1.807) is 0 Å². The molecule has 1 fully saturated rings. The summed E-state index contributed by atoms with van der Waals surface area (Å²) in [5.41, 5.74) is -0.0191. The Bertz CT molecular complexity index is 140. The minimum Gasteiger partial charge on any atom is -0.318 e. The fourth-order valence-corrected chi connectivity index (χ4v) is 1.72. The van der Waals surface area contributed by atoms with Crippen molar-refractivity contribution in [3.05, 3.63) is 0 Å². The molecule has 0 amide bonds. The molecular weight excluding hydrogens is 148 g/mol. The number of nitrogens with one attached hydrogen (secondary N) is 1. The van der Waals surface area contributed by atoms with Crippen LogP contribution in [0, 0.1) is 16.7 Å². The van der Waals surface area contributed by atoms with E-state index >= 15 is 0 Å².